The third kappa shape index (κ3) is 4.31. The highest BCUT2D eigenvalue weighted by atomic mass is 16.5. The van der Waals surface area contributed by atoms with Crippen molar-refractivity contribution in [3.05, 3.63) is 30.1 Å². The van der Waals surface area contributed by atoms with E-state index in [0.29, 0.717) is 6.54 Å². The van der Waals surface area contributed by atoms with Crippen LogP contribution in [0.25, 0.3) is 0 Å². The van der Waals surface area contributed by atoms with Gasteiger partial charge in [-0.05, 0) is 26.0 Å². The molecule has 0 aliphatic rings. The predicted molar refractivity (Wildman–Crippen MR) is 75.9 cm³/mol. The zero-order valence-electron chi connectivity index (χ0n) is 12.5. The summed E-state index contributed by atoms with van der Waals surface area (Å²) in [6.45, 7) is 9.35. The summed E-state index contributed by atoms with van der Waals surface area (Å²) < 4.78 is 4.79. The van der Waals surface area contributed by atoms with Crippen LogP contribution >= 0.6 is 0 Å². The molecule has 1 heterocycles. The summed E-state index contributed by atoms with van der Waals surface area (Å²) in [5.41, 5.74) is 0.445. The summed E-state index contributed by atoms with van der Waals surface area (Å²) in [6.07, 6.45) is 1.80. The molecule has 4 nitrogen and oxygen atoms in total. The predicted octanol–water partition coefficient (Wildman–Crippen LogP) is 2.15. The molecule has 0 bridgehead atoms. The normalized spacial score (nSPS) is 12.3. The standard InChI is InChI=1S/C15H24N2O2/c1-14(2,12-8-6-7-9-17-12)10-16-11-15(3,4)13(18)19-5/h6-9,16H,10-11H2,1-5H3. The summed E-state index contributed by atoms with van der Waals surface area (Å²) in [5.74, 6) is -0.198. The number of carbonyl (C=O) groups excluding carboxylic acids is 1. The summed E-state index contributed by atoms with van der Waals surface area (Å²) >= 11 is 0. The van der Waals surface area contributed by atoms with Crippen LogP contribution in [0.5, 0.6) is 0 Å². The summed E-state index contributed by atoms with van der Waals surface area (Å²) in [4.78, 5) is 16.0. The maximum atomic E-state index is 11.6. The molecule has 1 rings (SSSR count). The summed E-state index contributed by atoms with van der Waals surface area (Å²) in [5, 5.41) is 3.34. The van der Waals surface area contributed by atoms with Crippen molar-refractivity contribution in [1.82, 2.24) is 10.3 Å². The molecule has 1 N–H and O–H groups in total. The van der Waals surface area contributed by atoms with E-state index in [1.54, 1.807) is 6.20 Å². The number of pyridine rings is 1. The maximum Gasteiger partial charge on any atom is 0.312 e. The lowest BCUT2D eigenvalue weighted by Crippen LogP contribution is -2.42. The van der Waals surface area contributed by atoms with E-state index in [1.807, 2.05) is 32.0 Å². The van der Waals surface area contributed by atoms with Crippen LogP contribution in [-0.4, -0.2) is 31.2 Å². The third-order valence-corrected chi connectivity index (χ3v) is 3.23. The van der Waals surface area contributed by atoms with E-state index in [-0.39, 0.29) is 11.4 Å². The van der Waals surface area contributed by atoms with Gasteiger partial charge in [0.05, 0.1) is 12.5 Å². The first-order chi connectivity index (χ1) is 8.79. The van der Waals surface area contributed by atoms with Gasteiger partial charge in [0, 0.05) is 30.4 Å². The molecule has 4 heteroatoms. The number of rotatable bonds is 6. The molecule has 0 unspecified atom stereocenters. The summed E-state index contributed by atoms with van der Waals surface area (Å²) in [6, 6.07) is 5.92. The van der Waals surface area contributed by atoms with E-state index >= 15 is 0 Å². The molecule has 0 aliphatic carbocycles. The van der Waals surface area contributed by atoms with E-state index in [1.165, 1.54) is 7.11 Å². The first kappa shape index (κ1) is 15.6. The van der Waals surface area contributed by atoms with Crippen molar-refractivity contribution >= 4 is 5.97 Å². The minimum atomic E-state index is -0.519. The van der Waals surface area contributed by atoms with Crippen LogP contribution in [0.3, 0.4) is 0 Å². The molecule has 1 aromatic rings. The molecule has 0 radical (unpaired) electrons. The molecule has 0 spiro atoms. The Labute approximate surface area is 115 Å². The number of ether oxygens (including phenoxy) is 1. The van der Waals surface area contributed by atoms with Crippen molar-refractivity contribution in [2.45, 2.75) is 33.1 Å². The van der Waals surface area contributed by atoms with Gasteiger partial charge in [-0.2, -0.15) is 0 Å². The van der Waals surface area contributed by atoms with Gasteiger partial charge in [-0.15, -0.1) is 0 Å². The Morgan fingerprint density at radius 3 is 2.47 bits per heavy atom. The number of nitrogens with zero attached hydrogens (tertiary/aromatic N) is 1. The van der Waals surface area contributed by atoms with Gasteiger partial charge >= 0.3 is 5.97 Å². The topological polar surface area (TPSA) is 51.2 Å². The lowest BCUT2D eigenvalue weighted by Gasteiger charge is -2.28. The highest BCUT2D eigenvalue weighted by molar-refractivity contribution is 5.76. The number of carbonyl (C=O) groups is 1. The van der Waals surface area contributed by atoms with Gasteiger partial charge in [0.2, 0.25) is 0 Å². The SMILES string of the molecule is COC(=O)C(C)(C)CNCC(C)(C)c1ccccn1. The average molecular weight is 264 g/mol. The Morgan fingerprint density at radius 1 is 1.26 bits per heavy atom. The van der Waals surface area contributed by atoms with Crippen molar-refractivity contribution in [2.24, 2.45) is 5.41 Å². The van der Waals surface area contributed by atoms with E-state index in [9.17, 15) is 4.79 Å². The van der Waals surface area contributed by atoms with Gasteiger partial charge in [0.25, 0.3) is 0 Å². The first-order valence-corrected chi connectivity index (χ1v) is 6.50. The van der Waals surface area contributed by atoms with Crippen LogP contribution in [-0.2, 0) is 14.9 Å². The zero-order valence-corrected chi connectivity index (χ0v) is 12.5. The Morgan fingerprint density at radius 2 is 1.95 bits per heavy atom. The van der Waals surface area contributed by atoms with Crippen LogP contribution in [0.4, 0.5) is 0 Å². The quantitative estimate of drug-likeness (QED) is 0.800. The van der Waals surface area contributed by atoms with Crippen LogP contribution in [0.2, 0.25) is 0 Å². The van der Waals surface area contributed by atoms with Gasteiger partial charge in [-0.1, -0.05) is 19.9 Å². The average Bonchev–Trinajstić information content (AvgIpc) is 2.38. The van der Waals surface area contributed by atoms with Gasteiger partial charge in [-0.3, -0.25) is 9.78 Å². The molecule has 106 valence electrons. The van der Waals surface area contributed by atoms with Crippen molar-refractivity contribution in [3.63, 3.8) is 0 Å². The fourth-order valence-electron chi connectivity index (χ4n) is 1.89. The van der Waals surface area contributed by atoms with E-state index in [0.717, 1.165) is 12.2 Å². The molecule has 0 saturated heterocycles. The van der Waals surface area contributed by atoms with E-state index < -0.39 is 5.41 Å². The molecule has 0 amide bonds. The van der Waals surface area contributed by atoms with E-state index in [2.05, 4.69) is 24.1 Å². The summed E-state index contributed by atoms with van der Waals surface area (Å²) in [7, 11) is 1.42. The van der Waals surface area contributed by atoms with Gasteiger partial charge in [0.15, 0.2) is 0 Å². The number of hydrogen-bond acceptors (Lipinski definition) is 4. The van der Waals surface area contributed by atoms with Crippen LogP contribution in [0, 0.1) is 5.41 Å². The van der Waals surface area contributed by atoms with Gasteiger partial charge < -0.3 is 10.1 Å². The van der Waals surface area contributed by atoms with Crippen molar-refractivity contribution in [3.8, 4) is 0 Å². The Kier molecular flexibility index (Phi) is 5.06. The smallest absolute Gasteiger partial charge is 0.312 e. The number of methoxy groups -OCH3 is 1. The number of esters is 1. The van der Waals surface area contributed by atoms with Crippen molar-refractivity contribution < 1.29 is 9.53 Å². The second-order valence-electron chi connectivity index (χ2n) is 6.08. The number of aromatic nitrogens is 1. The second-order valence-corrected chi connectivity index (χ2v) is 6.08. The van der Waals surface area contributed by atoms with E-state index in [4.69, 9.17) is 4.74 Å². The largest absolute Gasteiger partial charge is 0.469 e. The Bertz CT molecular complexity index is 413. The van der Waals surface area contributed by atoms with Crippen LogP contribution < -0.4 is 5.32 Å². The molecule has 0 fully saturated rings. The molecule has 1 aromatic heterocycles. The minimum absolute atomic E-state index is 0.0759. The van der Waals surface area contributed by atoms with Crippen LogP contribution in [0.15, 0.2) is 24.4 Å². The van der Waals surface area contributed by atoms with Crippen molar-refractivity contribution in [1.29, 1.82) is 0 Å². The first-order valence-electron chi connectivity index (χ1n) is 6.50. The molecular weight excluding hydrogens is 240 g/mol. The Balaban J connectivity index is 2.55. The molecule has 19 heavy (non-hydrogen) atoms. The van der Waals surface area contributed by atoms with Crippen molar-refractivity contribution in [2.75, 3.05) is 20.2 Å². The molecule has 0 atom stereocenters. The highest BCUT2D eigenvalue weighted by Gasteiger charge is 2.29. The fraction of sp³-hybridized carbons (Fsp3) is 0.600. The molecular formula is C15H24N2O2. The number of hydrogen-bond donors (Lipinski definition) is 1. The molecule has 0 aromatic carbocycles. The molecule has 0 aliphatic heterocycles. The highest BCUT2D eigenvalue weighted by Crippen LogP contribution is 2.21. The Hall–Kier alpha value is -1.42. The van der Waals surface area contributed by atoms with Gasteiger partial charge in [0.1, 0.15) is 0 Å². The number of nitrogens with one attached hydrogen (secondary N) is 1. The third-order valence-electron chi connectivity index (χ3n) is 3.23. The van der Waals surface area contributed by atoms with Gasteiger partial charge in [-0.25, -0.2) is 0 Å². The molecule has 0 saturated carbocycles. The maximum absolute atomic E-state index is 11.6. The second kappa shape index (κ2) is 6.15. The van der Waals surface area contributed by atoms with Crippen LogP contribution in [0.1, 0.15) is 33.4 Å². The monoisotopic (exact) mass is 264 g/mol. The fourth-order valence-corrected chi connectivity index (χ4v) is 1.89. The lowest BCUT2D eigenvalue weighted by atomic mass is 9.87. The lowest BCUT2D eigenvalue weighted by molar-refractivity contribution is -0.150. The zero-order chi connectivity index (χ0) is 14.5. The minimum Gasteiger partial charge on any atom is -0.469 e.